The van der Waals surface area contributed by atoms with Crippen molar-refractivity contribution in [1.29, 1.82) is 0 Å². The van der Waals surface area contributed by atoms with Crippen LogP contribution >= 0.6 is 11.6 Å². The molecular weight excluding hydrogens is 488 g/mol. The monoisotopic (exact) mass is 514 g/mol. The summed E-state index contributed by atoms with van der Waals surface area (Å²) >= 11 is 6.13. The van der Waals surface area contributed by atoms with Crippen LogP contribution in [0, 0.1) is 18.3 Å². The van der Waals surface area contributed by atoms with Gasteiger partial charge in [-0.3, -0.25) is 14.6 Å². The maximum atomic E-state index is 12.9. The Morgan fingerprint density at radius 1 is 1.03 bits per heavy atom. The molecule has 0 saturated carbocycles. The number of carbonyl (C=O) groups is 2. The number of rotatable bonds is 7. The molecule has 0 bridgehead atoms. The molecule has 2 amide bonds. The van der Waals surface area contributed by atoms with Crippen molar-refractivity contribution in [3.63, 3.8) is 0 Å². The zero-order valence-corrected chi connectivity index (χ0v) is 20.9. The van der Waals surface area contributed by atoms with Crippen molar-refractivity contribution in [3.05, 3.63) is 94.0 Å². The van der Waals surface area contributed by atoms with Gasteiger partial charge in [0.2, 0.25) is 0 Å². The van der Waals surface area contributed by atoms with Gasteiger partial charge >= 0.3 is 0 Å². The van der Waals surface area contributed by atoms with Crippen LogP contribution in [0.3, 0.4) is 0 Å². The van der Waals surface area contributed by atoms with Crippen LogP contribution in [0.4, 0.5) is 11.4 Å². The average Bonchev–Trinajstić information content (AvgIpc) is 2.93. The Kier molecular flexibility index (Phi) is 8.57. The van der Waals surface area contributed by atoms with Gasteiger partial charge in [-0.15, -0.1) is 6.42 Å². The van der Waals surface area contributed by atoms with Crippen LogP contribution < -0.4 is 10.6 Å². The molecule has 3 aromatic rings. The van der Waals surface area contributed by atoms with Gasteiger partial charge in [-0.1, -0.05) is 29.7 Å². The molecule has 0 spiro atoms. The number of hydrogen-bond acceptors (Lipinski definition) is 5. The Bertz CT molecular complexity index is 1320. The third kappa shape index (κ3) is 6.98. The Labute approximate surface area is 221 Å². The summed E-state index contributed by atoms with van der Waals surface area (Å²) in [5, 5.41) is 21.7. The van der Waals surface area contributed by atoms with Crippen LogP contribution in [0.25, 0.3) is 0 Å². The van der Waals surface area contributed by atoms with Crippen molar-refractivity contribution in [1.82, 2.24) is 5.01 Å². The summed E-state index contributed by atoms with van der Waals surface area (Å²) in [5.74, 6) is 2.11. The number of hydrazone groups is 1. The van der Waals surface area contributed by atoms with Crippen molar-refractivity contribution >= 4 is 41.0 Å². The number of aliphatic hydroxyl groups excluding tert-OH is 1. The first-order valence-electron chi connectivity index (χ1n) is 11.9. The molecule has 1 aliphatic heterocycles. The van der Waals surface area contributed by atoms with Crippen LogP contribution in [-0.2, 0) is 0 Å². The number of halogens is 1. The number of anilines is 2. The Hall–Kier alpha value is -4.12. The van der Waals surface area contributed by atoms with Gasteiger partial charge in [0, 0.05) is 41.5 Å². The fraction of sp³-hybridized carbons (Fsp3) is 0.207. The van der Waals surface area contributed by atoms with E-state index in [9.17, 15) is 14.7 Å². The first-order chi connectivity index (χ1) is 17.9. The number of nitrogens with one attached hydrogen (secondary N) is 2. The minimum atomic E-state index is -0.416. The largest absolute Gasteiger partial charge is 0.396 e. The summed E-state index contributed by atoms with van der Waals surface area (Å²) in [6.07, 6.45) is 8.99. The SMILES string of the molecule is C#Cc1ccc(NC(=O)c2cc(Cl)ccc2NC(=O)c2ccc(C=NN3CCC(CO)CC3)cc2)cc1. The van der Waals surface area contributed by atoms with Gasteiger partial charge in [0.25, 0.3) is 11.8 Å². The van der Waals surface area contributed by atoms with E-state index in [1.54, 1.807) is 54.7 Å². The Morgan fingerprint density at radius 3 is 2.38 bits per heavy atom. The predicted molar refractivity (Wildman–Crippen MR) is 147 cm³/mol. The summed E-state index contributed by atoms with van der Waals surface area (Å²) in [7, 11) is 0. The summed E-state index contributed by atoms with van der Waals surface area (Å²) < 4.78 is 0. The standard InChI is InChI=1S/C29H27ClN4O3/c1-2-20-5-10-25(11-6-20)32-29(37)26-17-24(30)9-12-27(26)33-28(36)23-7-3-21(4-8-23)18-31-34-15-13-22(19-35)14-16-34/h1,3-12,17-18,22,35H,13-16,19H2,(H,32,37)(H,33,36). The van der Waals surface area contributed by atoms with Crippen LogP contribution in [0.5, 0.6) is 0 Å². The van der Waals surface area contributed by atoms with Crippen LogP contribution in [0.2, 0.25) is 5.02 Å². The third-order valence-electron chi connectivity index (χ3n) is 6.18. The molecule has 1 heterocycles. The first-order valence-corrected chi connectivity index (χ1v) is 12.3. The number of nitrogens with zero attached hydrogens (tertiary/aromatic N) is 2. The molecule has 188 valence electrons. The summed E-state index contributed by atoms with van der Waals surface area (Å²) in [4.78, 5) is 25.9. The van der Waals surface area contributed by atoms with Crippen molar-refractivity contribution in [2.75, 3.05) is 30.3 Å². The number of piperidine rings is 1. The highest BCUT2D eigenvalue weighted by Gasteiger charge is 2.17. The highest BCUT2D eigenvalue weighted by atomic mass is 35.5. The minimum absolute atomic E-state index is 0.226. The van der Waals surface area contributed by atoms with Gasteiger partial charge in [0.15, 0.2) is 0 Å². The lowest BCUT2D eigenvalue weighted by atomic mass is 9.99. The van der Waals surface area contributed by atoms with E-state index in [0.717, 1.165) is 31.5 Å². The molecule has 0 unspecified atom stereocenters. The van der Waals surface area contributed by atoms with Gasteiger partial charge in [0.05, 0.1) is 17.5 Å². The first kappa shape index (κ1) is 26.0. The maximum Gasteiger partial charge on any atom is 0.257 e. The van der Waals surface area contributed by atoms with Crippen molar-refractivity contribution in [3.8, 4) is 12.3 Å². The van der Waals surface area contributed by atoms with E-state index in [0.29, 0.717) is 33.4 Å². The average molecular weight is 515 g/mol. The van der Waals surface area contributed by atoms with Crippen molar-refractivity contribution in [2.45, 2.75) is 12.8 Å². The molecule has 1 aliphatic rings. The second-order valence-corrected chi connectivity index (χ2v) is 9.20. The molecule has 3 aromatic carbocycles. The van der Waals surface area contributed by atoms with Crippen LogP contribution in [0.1, 0.15) is 44.7 Å². The lowest BCUT2D eigenvalue weighted by Crippen LogP contribution is -2.31. The minimum Gasteiger partial charge on any atom is -0.396 e. The maximum absolute atomic E-state index is 12.9. The topological polar surface area (TPSA) is 94.0 Å². The molecule has 3 N–H and O–H groups in total. The number of amides is 2. The van der Waals surface area contributed by atoms with E-state index in [1.807, 2.05) is 17.1 Å². The van der Waals surface area contributed by atoms with Gasteiger partial charge in [-0.05, 0) is 78.9 Å². The Balaban J connectivity index is 1.41. The summed E-state index contributed by atoms with van der Waals surface area (Å²) in [6, 6.07) is 18.6. The zero-order chi connectivity index (χ0) is 26.2. The zero-order valence-electron chi connectivity index (χ0n) is 20.2. The lowest BCUT2D eigenvalue weighted by molar-refractivity contribution is 0.102. The molecule has 0 atom stereocenters. The van der Waals surface area contributed by atoms with Gasteiger partial charge in [0.1, 0.15) is 0 Å². The van der Waals surface area contributed by atoms with E-state index in [-0.39, 0.29) is 18.1 Å². The van der Waals surface area contributed by atoms with E-state index in [1.165, 1.54) is 6.07 Å². The van der Waals surface area contributed by atoms with Crippen LogP contribution in [0.15, 0.2) is 71.8 Å². The van der Waals surface area contributed by atoms with Gasteiger partial charge in [-0.25, -0.2) is 0 Å². The van der Waals surface area contributed by atoms with Crippen molar-refractivity contribution < 1.29 is 14.7 Å². The molecular formula is C29H27ClN4O3. The lowest BCUT2D eigenvalue weighted by Gasteiger charge is -2.28. The fourth-order valence-electron chi connectivity index (χ4n) is 3.94. The molecule has 8 heteroatoms. The van der Waals surface area contributed by atoms with E-state index in [2.05, 4.69) is 21.7 Å². The summed E-state index contributed by atoms with van der Waals surface area (Å²) in [5.41, 5.74) is 3.14. The molecule has 0 aliphatic carbocycles. The quantitative estimate of drug-likeness (QED) is 0.310. The number of benzene rings is 3. The molecule has 1 fully saturated rings. The summed E-state index contributed by atoms with van der Waals surface area (Å²) in [6.45, 7) is 1.86. The predicted octanol–water partition coefficient (Wildman–Crippen LogP) is 4.86. The molecule has 37 heavy (non-hydrogen) atoms. The fourth-order valence-corrected chi connectivity index (χ4v) is 4.11. The number of aliphatic hydroxyl groups is 1. The molecule has 0 radical (unpaired) electrons. The highest BCUT2D eigenvalue weighted by molar-refractivity contribution is 6.31. The number of terminal acetylenes is 1. The second-order valence-electron chi connectivity index (χ2n) is 8.77. The molecule has 4 rings (SSSR count). The van der Waals surface area contributed by atoms with Crippen LogP contribution in [-0.4, -0.2) is 47.8 Å². The number of carbonyl (C=O) groups excluding carboxylic acids is 2. The highest BCUT2D eigenvalue weighted by Crippen LogP contribution is 2.23. The smallest absolute Gasteiger partial charge is 0.257 e. The normalized spacial score (nSPS) is 13.8. The Morgan fingerprint density at radius 2 is 1.73 bits per heavy atom. The van der Waals surface area contributed by atoms with E-state index in [4.69, 9.17) is 18.0 Å². The second kappa shape index (κ2) is 12.2. The number of hydrogen-bond donors (Lipinski definition) is 3. The molecule has 0 aromatic heterocycles. The van der Waals surface area contributed by atoms with Crippen molar-refractivity contribution in [2.24, 2.45) is 11.0 Å². The van der Waals surface area contributed by atoms with E-state index < -0.39 is 5.91 Å². The molecule has 1 saturated heterocycles. The molecule has 7 nitrogen and oxygen atoms in total. The third-order valence-corrected chi connectivity index (χ3v) is 6.41. The van der Waals surface area contributed by atoms with Gasteiger partial charge < -0.3 is 15.7 Å². The van der Waals surface area contributed by atoms with E-state index >= 15 is 0 Å². The van der Waals surface area contributed by atoms with Gasteiger partial charge in [-0.2, -0.15) is 5.10 Å².